The van der Waals surface area contributed by atoms with Crippen LogP contribution in [0.4, 0.5) is 4.79 Å². The number of amides is 2. The van der Waals surface area contributed by atoms with Gasteiger partial charge in [-0.1, -0.05) is 31.9 Å². The summed E-state index contributed by atoms with van der Waals surface area (Å²) in [6, 6.07) is 10.6. The molecule has 0 atom stereocenters. The van der Waals surface area contributed by atoms with Crippen molar-refractivity contribution >= 4 is 50.3 Å². The molecule has 9 heteroatoms. The summed E-state index contributed by atoms with van der Waals surface area (Å²) in [5, 5.41) is 7.91. The Labute approximate surface area is 193 Å². The predicted molar refractivity (Wildman–Crippen MR) is 127 cm³/mol. The lowest BCUT2D eigenvalue weighted by Gasteiger charge is -2.12. The number of carbonyl (C=O) groups is 1. The van der Waals surface area contributed by atoms with Gasteiger partial charge in [0.15, 0.2) is 0 Å². The molecule has 0 bridgehead atoms. The second-order valence-corrected chi connectivity index (χ2v) is 8.60. The Kier molecular flexibility index (Phi) is 9.32. The molecule has 2 aromatic carbocycles. The molecule has 2 amide bonds. The molecule has 0 saturated heterocycles. The van der Waals surface area contributed by atoms with Crippen molar-refractivity contribution in [3.05, 3.63) is 56.5 Å². The first-order valence-corrected chi connectivity index (χ1v) is 10.9. The zero-order valence-electron chi connectivity index (χ0n) is 17.1. The molecule has 0 spiro atoms. The number of benzene rings is 2. The highest BCUT2D eigenvalue weighted by molar-refractivity contribution is 9.10. The molecule has 0 aromatic heterocycles. The van der Waals surface area contributed by atoms with Crippen molar-refractivity contribution in [1.29, 1.82) is 0 Å². The van der Waals surface area contributed by atoms with Gasteiger partial charge in [0.2, 0.25) is 0 Å². The molecule has 0 heterocycles. The van der Waals surface area contributed by atoms with Crippen LogP contribution in [-0.2, 0) is 0 Å². The number of hydrazone groups is 2. The predicted octanol–water partition coefficient (Wildman–Crippen LogP) is 5.45. The third-order valence-electron chi connectivity index (χ3n) is 3.41. The molecule has 7 nitrogen and oxygen atoms in total. The summed E-state index contributed by atoms with van der Waals surface area (Å²) in [4.78, 5) is 12.0. The molecule has 2 N–H and O–H groups in total. The standard InChI is InChI=1S/C21H24Br2N4O3/c1-13(2)29-19-7-5-17(22)9-15(19)11-24-26-21(28)27-25-12-16-10-18(23)6-8-20(16)30-14(3)4/h5-14H,1-4H3,(H2,26,27,28). The van der Waals surface area contributed by atoms with Crippen LogP contribution >= 0.6 is 31.9 Å². The van der Waals surface area contributed by atoms with Crippen LogP contribution in [0.3, 0.4) is 0 Å². The molecule has 0 aliphatic rings. The summed E-state index contributed by atoms with van der Waals surface area (Å²) in [7, 11) is 0. The molecular weight excluding hydrogens is 516 g/mol. The van der Waals surface area contributed by atoms with Crippen LogP contribution in [0.1, 0.15) is 38.8 Å². The normalized spacial score (nSPS) is 11.5. The minimum Gasteiger partial charge on any atom is -0.490 e. The Hall–Kier alpha value is -2.39. The van der Waals surface area contributed by atoms with Gasteiger partial charge in [-0.05, 0) is 64.1 Å². The summed E-state index contributed by atoms with van der Waals surface area (Å²) < 4.78 is 13.2. The first-order chi connectivity index (χ1) is 14.2. The molecule has 30 heavy (non-hydrogen) atoms. The quantitative estimate of drug-likeness (QED) is 0.345. The third-order valence-corrected chi connectivity index (χ3v) is 4.39. The maximum atomic E-state index is 12.0. The van der Waals surface area contributed by atoms with Crippen LogP contribution in [0.15, 0.2) is 55.5 Å². The number of rotatable bonds is 8. The average molecular weight is 540 g/mol. The van der Waals surface area contributed by atoms with Crippen LogP contribution in [0, 0.1) is 0 Å². The smallest absolute Gasteiger partial charge is 0.355 e. The van der Waals surface area contributed by atoms with Crippen LogP contribution < -0.4 is 20.3 Å². The van der Waals surface area contributed by atoms with E-state index < -0.39 is 6.03 Å². The first-order valence-electron chi connectivity index (χ1n) is 9.29. The molecule has 0 aliphatic heterocycles. The Balaban J connectivity index is 1.98. The van der Waals surface area contributed by atoms with Crippen LogP contribution in [0.5, 0.6) is 11.5 Å². The van der Waals surface area contributed by atoms with Gasteiger partial charge in [0.25, 0.3) is 0 Å². The average Bonchev–Trinajstić information content (AvgIpc) is 2.65. The highest BCUT2D eigenvalue weighted by Gasteiger charge is 2.06. The number of ether oxygens (including phenoxy) is 2. The highest BCUT2D eigenvalue weighted by atomic mass is 79.9. The lowest BCUT2D eigenvalue weighted by molar-refractivity contribution is 0.240. The van der Waals surface area contributed by atoms with Crippen molar-refractivity contribution in [3.8, 4) is 11.5 Å². The zero-order chi connectivity index (χ0) is 22.1. The van der Waals surface area contributed by atoms with Crippen molar-refractivity contribution in [2.24, 2.45) is 10.2 Å². The number of nitrogens with zero attached hydrogens (tertiary/aromatic N) is 2. The molecule has 0 saturated carbocycles. The number of halogens is 2. The maximum Gasteiger partial charge on any atom is 0.355 e. The van der Waals surface area contributed by atoms with Crippen molar-refractivity contribution in [1.82, 2.24) is 10.9 Å². The highest BCUT2D eigenvalue weighted by Crippen LogP contribution is 2.23. The second kappa shape index (κ2) is 11.7. The van der Waals surface area contributed by atoms with E-state index in [0.717, 1.165) is 20.1 Å². The van der Waals surface area contributed by atoms with Gasteiger partial charge in [0.05, 0.1) is 24.6 Å². The summed E-state index contributed by atoms with van der Waals surface area (Å²) >= 11 is 6.83. The minimum absolute atomic E-state index is 0.0199. The van der Waals surface area contributed by atoms with E-state index in [2.05, 4.69) is 52.9 Å². The van der Waals surface area contributed by atoms with Gasteiger partial charge in [-0.3, -0.25) is 0 Å². The Morgan fingerprint density at radius 2 is 1.23 bits per heavy atom. The van der Waals surface area contributed by atoms with Crippen molar-refractivity contribution in [3.63, 3.8) is 0 Å². The molecule has 0 fully saturated rings. The molecule has 0 unspecified atom stereocenters. The molecular formula is C21H24Br2N4O3. The topological polar surface area (TPSA) is 84.3 Å². The first kappa shape index (κ1) is 23.9. The monoisotopic (exact) mass is 538 g/mol. The zero-order valence-corrected chi connectivity index (χ0v) is 20.3. The van der Waals surface area contributed by atoms with E-state index in [1.165, 1.54) is 12.4 Å². The van der Waals surface area contributed by atoms with E-state index >= 15 is 0 Å². The van der Waals surface area contributed by atoms with E-state index in [0.29, 0.717) is 11.5 Å². The number of urea groups is 1. The molecule has 0 radical (unpaired) electrons. The Morgan fingerprint density at radius 1 is 0.833 bits per heavy atom. The van der Waals surface area contributed by atoms with Gasteiger partial charge >= 0.3 is 6.03 Å². The Bertz CT molecular complexity index is 857. The summed E-state index contributed by atoms with van der Waals surface area (Å²) in [6.07, 6.45) is 3.06. The fourth-order valence-electron chi connectivity index (χ4n) is 2.31. The van der Waals surface area contributed by atoms with Crippen LogP contribution in [0.25, 0.3) is 0 Å². The van der Waals surface area contributed by atoms with Crippen LogP contribution in [-0.4, -0.2) is 30.7 Å². The number of hydrogen-bond donors (Lipinski definition) is 2. The largest absolute Gasteiger partial charge is 0.490 e. The SMILES string of the molecule is CC(C)Oc1ccc(Br)cc1C=NNC(=O)NN=Cc1cc(Br)ccc1OC(C)C. The third kappa shape index (κ3) is 8.16. The van der Waals surface area contributed by atoms with E-state index in [1.807, 2.05) is 64.1 Å². The van der Waals surface area contributed by atoms with E-state index in [1.54, 1.807) is 0 Å². The molecule has 2 aromatic rings. The van der Waals surface area contributed by atoms with Gasteiger partial charge in [0.1, 0.15) is 11.5 Å². The molecule has 160 valence electrons. The number of hydrogen-bond acceptors (Lipinski definition) is 5. The van der Waals surface area contributed by atoms with E-state index in [4.69, 9.17) is 9.47 Å². The van der Waals surface area contributed by atoms with Crippen molar-refractivity contribution in [2.45, 2.75) is 39.9 Å². The van der Waals surface area contributed by atoms with Gasteiger partial charge in [-0.25, -0.2) is 15.6 Å². The fraction of sp³-hybridized carbons (Fsp3) is 0.286. The summed E-state index contributed by atoms with van der Waals surface area (Å²) in [6.45, 7) is 7.76. The van der Waals surface area contributed by atoms with Crippen LogP contribution in [0.2, 0.25) is 0 Å². The molecule has 2 rings (SSSR count). The number of nitrogens with one attached hydrogen (secondary N) is 2. The van der Waals surface area contributed by atoms with Crippen molar-refractivity contribution < 1.29 is 14.3 Å². The summed E-state index contributed by atoms with van der Waals surface area (Å²) in [5.41, 5.74) is 6.20. The summed E-state index contributed by atoms with van der Waals surface area (Å²) in [5.74, 6) is 1.34. The molecule has 0 aliphatic carbocycles. The van der Waals surface area contributed by atoms with Gasteiger partial charge in [0, 0.05) is 20.1 Å². The Morgan fingerprint density at radius 3 is 1.60 bits per heavy atom. The van der Waals surface area contributed by atoms with Gasteiger partial charge in [-0.2, -0.15) is 10.2 Å². The number of carbonyl (C=O) groups excluding carboxylic acids is 1. The second-order valence-electron chi connectivity index (χ2n) is 6.77. The van der Waals surface area contributed by atoms with Gasteiger partial charge in [-0.15, -0.1) is 0 Å². The van der Waals surface area contributed by atoms with E-state index in [9.17, 15) is 4.79 Å². The minimum atomic E-state index is -0.579. The lowest BCUT2D eigenvalue weighted by atomic mass is 10.2. The fourth-order valence-corrected chi connectivity index (χ4v) is 3.07. The van der Waals surface area contributed by atoms with E-state index in [-0.39, 0.29) is 12.2 Å². The maximum absolute atomic E-state index is 12.0. The van der Waals surface area contributed by atoms with Crippen molar-refractivity contribution in [2.75, 3.05) is 0 Å². The lowest BCUT2D eigenvalue weighted by Crippen LogP contribution is -2.28. The van der Waals surface area contributed by atoms with Gasteiger partial charge < -0.3 is 9.47 Å².